The minimum Gasteiger partial charge on any atom is -0.493 e. The summed E-state index contributed by atoms with van der Waals surface area (Å²) in [5, 5.41) is 4.86. The second-order valence-electron chi connectivity index (χ2n) is 8.80. The molecule has 1 amide bonds. The first-order valence-electron chi connectivity index (χ1n) is 11.4. The molecule has 1 saturated heterocycles. The summed E-state index contributed by atoms with van der Waals surface area (Å²) in [4.78, 5) is 18.7. The van der Waals surface area contributed by atoms with Crippen molar-refractivity contribution >= 4 is 22.5 Å². The van der Waals surface area contributed by atoms with Crippen molar-refractivity contribution in [2.75, 3.05) is 38.7 Å². The summed E-state index contributed by atoms with van der Waals surface area (Å²) in [6.45, 7) is 3.24. The molecule has 1 aromatic carbocycles. The molecular weight excluding hydrogens is 378 g/mol. The monoisotopic (exact) mass is 409 g/mol. The van der Waals surface area contributed by atoms with Gasteiger partial charge in [0.05, 0.1) is 19.2 Å². The SMILES string of the molecule is COc1cc2c(NCC3CC3)c3c(nc2cc1OCCCN1CCCC1=O)CCC3. The molecular formula is C24H31N3O3. The second kappa shape index (κ2) is 8.32. The molecule has 0 atom stereocenters. The number of anilines is 1. The smallest absolute Gasteiger partial charge is 0.222 e. The Hall–Kier alpha value is -2.50. The zero-order valence-electron chi connectivity index (χ0n) is 17.8. The van der Waals surface area contributed by atoms with Crippen LogP contribution in [0.3, 0.4) is 0 Å². The number of nitrogens with one attached hydrogen (secondary N) is 1. The van der Waals surface area contributed by atoms with Crippen LogP contribution in [0, 0.1) is 5.92 Å². The lowest BCUT2D eigenvalue weighted by Crippen LogP contribution is -2.26. The number of pyridine rings is 1. The van der Waals surface area contributed by atoms with Gasteiger partial charge in [-0.2, -0.15) is 0 Å². The molecule has 5 rings (SSSR count). The third kappa shape index (κ3) is 3.92. The molecule has 1 N–H and O–H groups in total. The van der Waals surface area contributed by atoms with Crippen molar-refractivity contribution in [1.29, 1.82) is 0 Å². The van der Waals surface area contributed by atoms with Gasteiger partial charge in [0.15, 0.2) is 11.5 Å². The molecule has 6 nitrogen and oxygen atoms in total. The fourth-order valence-electron chi connectivity index (χ4n) is 4.69. The summed E-state index contributed by atoms with van der Waals surface area (Å²) in [6.07, 6.45) is 8.48. The minimum absolute atomic E-state index is 0.266. The number of benzene rings is 1. The van der Waals surface area contributed by atoms with Crippen molar-refractivity contribution < 1.29 is 14.3 Å². The second-order valence-corrected chi connectivity index (χ2v) is 8.80. The van der Waals surface area contributed by atoms with Crippen LogP contribution < -0.4 is 14.8 Å². The van der Waals surface area contributed by atoms with Gasteiger partial charge in [-0.15, -0.1) is 0 Å². The number of carbonyl (C=O) groups excluding carboxylic acids is 1. The summed E-state index contributed by atoms with van der Waals surface area (Å²) < 4.78 is 11.7. The van der Waals surface area contributed by atoms with E-state index < -0.39 is 0 Å². The Labute approximate surface area is 177 Å². The van der Waals surface area contributed by atoms with E-state index in [0.29, 0.717) is 13.0 Å². The molecule has 6 heteroatoms. The van der Waals surface area contributed by atoms with Crippen molar-refractivity contribution in [1.82, 2.24) is 9.88 Å². The summed E-state index contributed by atoms with van der Waals surface area (Å²) in [7, 11) is 1.69. The Kier molecular flexibility index (Phi) is 5.40. The number of amides is 1. The number of likely N-dealkylation sites (tertiary alicyclic amines) is 1. The largest absolute Gasteiger partial charge is 0.493 e. The van der Waals surface area contributed by atoms with Crippen LogP contribution in [0.25, 0.3) is 10.9 Å². The lowest BCUT2D eigenvalue weighted by Gasteiger charge is -2.18. The molecule has 2 aliphatic carbocycles. The summed E-state index contributed by atoms with van der Waals surface area (Å²) in [6, 6.07) is 4.10. The van der Waals surface area contributed by atoms with E-state index >= 15 is 0 Å². The van der Waals surface area contributed by atoms with Crippen molar-refractivity contribution in [3.05, 3.63) is 23.4 Å². The van der Waals surface area contributed by atoms with Crippen molar-refractivity contribution in [3.63, 3.8) is 0 Å². The number of fused-ring (bicyclic) bond motifs is 2. The first-order valence-corrected chi connectivity index (χ1v) is 11.4. The maximum Gasteiger partial charge on any atom is 0.222 e. The Morgan fingerprint density at radius 1 is 1.17 bits per heavy atom. The maximum absolute atomic E-state index is 11.8. The molecule has 1 aliphatic heterocycles. The lowest BCUT2D eigenvalue weighted by molar-refractivity contribution is -0.127. The number of aryl methyl sites for hydroxylation is 1. The van der Waals surface area contributed by atoms with Gasteiger partial charge < -0.3 is 19.7 Å². The standard InChI is InChI=1S/C24H31N3O3/c1-29-21-13-18-20(14-22(21)30-12-4-11-27-10-3-7-23(27)28)26-19-6-2-5-17(19)24(18)25-15-16-8-9-16/h13-14,16H,2-12,15H2,1H3,(H,25,26). The molecule has 0 unspecified atom stereocenters. The number of methoxy groups -OCH3 is 1. The molecule has 0 bridgehead atoms. The molecule has 3 aliphatic rings. The van der Waals surface area contributed by atoms with E-state index in [9.17, 15) is 4.79 Å². The van der Waals surface area contributed by atoms with Gasteiger partial charge >= 0.3 is 0 Å². The van der Waals surface area contributed by atoms with Crippen LogP contribution in [0.15, 0.2) is 12.1 Å². The number of carbonyl (C=O) groups is 1. The van der Waals surface area contributed by atoms with Crippen LogP contribution in [0.5, 0.6) is 11.5 Å². The Morgan fingerprint density at radius 2 is 2.07 bits per heavy atom. The first-order chi connectivity index (χ1) is 14.7. The predicted molar refractivity (Wildman–Crippen MR) is 117 cm³/mol. The fraction of sp³-hybridized carbons (Fsp3) is 0.583. The molecule has 1 saturated carbocycles. The number of aromatic nitrogens is 1. The highest BCUT2D eigenvalue weighted by atomic mass is 16.5. The number of rotatable bonds is 9. The number of nitrogens with zero attached hydrogens (tertiary/aromatic N) is 2. The third-order valence-corrected chi connectivity index (χ3v) is 6.56. The van der Waals surface area contributed by atoms with E-state index in [4.69, 9.17) is 14.5 Å². The average molecular weight is 410 g/mol. The predicted octanol–water partition coefficient (Wildman–Crippen LogP) is 3.95. The zero-order valence-corrected chi connectivity index (χ0v) is 17.8. The minimum atomic E-state index is 0.266. The quantitative estimate of drug-likeness (QED) is 0.636. The normalized spacial score (nSPS) is 18.2. The zero-order chi connectivity index (χ0) is 20.5. The molecule has 2 fully saturated rings. The van der Waals surface area contributed by atoms with Gasteiger partial charge in [0, 0.05) is 48.9 Å². The first kappa shape index (κ1) is 19.5. The van der Waals surface area contributed by atoms with Crippen molar-refractivity contribution in [2.45, 2.75) is 51.4 Å². The summed E-state index contributed by atoms with van der Waals surface area (Å²) in [5.41, 5.74) is 4.83. The highest BCUT2D eigenvalue weighted by molar-refractivity contribution is 5.96. The van der Waals surface area contributed by atoms with Crippen molar-refractivity contribution in [2.24, 2.45) is 5.92 Å². The van der Waals surface area contributed by atoms with Crippen LogP contribution in [0.1, 0.15) is 49.8 Å². The third-order valence-electron chi connectivity index (χ3n) is 6.56. The molecule has 1 aromatic heterocycles. The average Bonchev–Trinajstić information content (AvgIpc) is 3.31. The van der Waals surface area contributed by atoms with Gasteiger partial charge in [-0.05, 0) is 62.5 Å². The van der Waals surface area contributed by atoms with Gasteiger partial charge in [0.25, 0.3) is 0 Å². The van der Waals surface area contributed by atoms with Crippen LogP contribution >= 0.6 is 0 Å². The Balaban J connectivity index is 1.36. The highest BCUT2D eigenvalue weighted by Gasteiger charge is 2.25. The number of ether oxygens (including phenoxy) is 2. The Morgan fingerprint density at radius 3 is 2.83 bits per heavy atom. The molecule has 30 heavy (non-hydrogen) atoms. The van der Waals surface area contributed by atoms with E-state index in [1.807, 2.05) is 11.0 Å². The van der Waals surface area contributed by atoms with E-state index in [1.54, 1.807) is 7.11 Å². The lowest BCUT2D eigenvalue weighted by atomic mass is 10.1. The summed E-state index contributed by atoms with van der Waals surface area (Å²) >= 11 is 0. The fourth-order valence-corrected chi connectivity index (χ4v) is 4.69. The van der Waals surface area contributed by atoms with Crippen LogP contribution in [0.4, 0.5) is 5.69 Å². The van der Waals surface area contributed by atoms with Gasteiger partial charge in [0.2, 0.25) is 5.91 Å². The van der Waals surface area contributed by atoms with Gasteiger partial charge in [0.1, 0.15) is 0 Å². The van der Waals surface area contributed by atoms with Crippen molar-refractivity contribution in [3.8, 4) is 11.5 Å². The Bertz CT molecular complexity index is 955. The van der Waals surface area contributed by atoms with Gasteiger partial charge in [-0.3, -0.25) is 9.78 Å². The maximum atomic E-state index is 11.8. The molecule has 160 valence electrons. The molecule has 2 aromatic rings. The van der Waals surface area contributed by atoms with Gasteiger partial charge in [-0.1, -0.05) is 0 Å². The van der Waals surface area contributed by atoms with E-state index in [2.05, 4.69) is 11.4 Å². The van der Waals surface area contributed by atoms with Crippen LogP contribution in [-0.2, 0) is 17.6 Å². The summed E-state index contributed by atoms with van der Waals surface area (Å²) in [5.74, 6) is 2.56. The topological polar surface area (TPSA) is 63.7 Å². The number of hydrogen-bond acceptors (Lipinski definition) is 5. The molecule has 0 radical (unpaired) electrons. The van der Waals surface area contributed by atoms with Crippen LogP contribution in [0.2, 0.25) is 0 Å². The molecule has 2 heterocycles. The van der Waals surface area contributed by atoms with Crippen LogP contribution in [-0.4, -0.2) is 49.1 Å². The van der Waals surface area contributed by atoms with E-state index in [1.165, 1.54) is 36.2 Å². The number of hydrogen-bond donors (Lipinski definition) is 1. The molecule has 0 spiro atoms. The van der Waals surface area contributed by atoms with E-state index in [0.717, 1.165) is 73.6 Å². The highest BCUT2D eigenvalue weighted by Crippen LogP contribution is 2.40. The van der Waals surface area contributed by atoms with Gasteiger partial charge in [-0.25, -0.2) is 0 Å². The van der Waals surface area contributed by atoms with E-state index in [-0.39, 0.29) is 5.91 Å².